The third kappa shape index (κ3) is 3.88. The van der Waals surface area contributed by atoms with Gasteiger partial charge in [0.15, 0.2) is 0 Å². The molecule has 0 radical (unpaired) electrons. The van der Waals surface area contributed by atoms with Crippen LogP contribution in [0.25, 0.3) is 0 Å². The maximum Gasteiger partial charge on any atom is 0.123 e. The highest BCUT2D eigenvalue weighted by Crippen LogP contribution is 2.27. The number of ether oxygens (including phenoxy) is 1. The Bertz CT molecular complexity index is 375. The molecule has 1 aromatic rings. The lowest BCUT2D eigenvalue weighted by Crippen LogP contribution is -2.11. The number of benzene rings is 1. The fourth-order valence-electron chi connectivity index (χ4n) is 2.60. The quantitative estimate of drug-likeness (QED) is 0.691. The summed E-state index contributed by atoms with van der Waals surface area (Å²) >= 11 is 5.78. The van der Waals surface area contributed by atoms with E-state index in [1.165, 1.54) is 44.2 Å². The lowest BCUT2D eigenvalue weighted by atomic mass is 9.87. The van der Waals surface area contributed by atoms with Gasteiger partial charge in [-0.3, -0.25) is 0 Å². The summed E-state index contributed by atoms with van der Waals surface area (Å²) in [5.74, 6) is 1.56. The van der Waals surface area contributed by atoms with Gasteiger partial charge in [-0.05, 0) is 30.5 Å². The summed E-state index contributed by atoms with van der Waals surface area (Å²) < 4.78 is 18.8. The van der Waals surface area contributed by atoms with E-state index in [4.69, 9.17) is 16.3 Å². The first kappa shape index (κ1) is 13.7. The zero-order valence-electron chi connectivity index (χ0n) is 10.6. The summed E-state index contributed by atoms with van der Waals surface area (Å²) in [6.07, 6.45) is 7.84. The molecule has 0 spiro atoms. The molecule has 0 heterocycles. The van der Waals surface area contributed by atoms with Gasteiger partial charge in [0.25, 0.3) is 0 Å². The van der Waals surface area contributed by atoms with Crippen molar-refractivity contribution in [2.24, 2.45) is 5.92 Å². The largest absolute Gasteiger partial charge is 0.493 e. The van der Waals surface area contributed by atoms with Crippen molar-refractivity contribution in [3.8, 4) is 5.75 Å². The summed E-state index contributed by atoms with van der Waals surface area (Å²) in [5.41, 5.74) is 0.736. The third-order valence-corrected chi connectivity index (χ3v) is 3.96. The molecule has 0 bridgehead atoms. The fraction of sp³-hybridized carbons (Fsp3) is 0.600. The minimum atomic E-state index is -0.259. The molecule has 1 aromatic carbocycles. The maximum absolute atomic E-state index is 13.0. The normalized spacial score (nSPS) is 16.8. The Morgan fingerprint density at radius 3 is 2.72 bits per heavy atom. The van der Waals surface area contributed by atoms with E-state index in [0.717, 1.165) is 23.7 Å². The van der Waals surface area contributed by atoms with Crippen LogP contribution in [0.15, 0.2) is 18.2 Å². The zero-order chi connectivity index (χ0) is 12.8. The van der Waals surface area contributed by atoms with Crippen LogP contribution in [-0.2, 0) is 5.88 Å². The Morgan fingerprint density at radius 1 is 1.22 bits per heavy atom. The number of halogens is 2. The maximum atomic E-state index is 13.0. The van der Waals surface area contributed by atoms with Gasteiger partial charge in [0.2, 0.25) is 0 Å². The van der Waals surface area contributed by atoms with Crippen LogP contribution >= 0.6 is 11.6 Å². The summed E-state index contributed by atoms with van der Waals surface area (Å²) in [4.78, 5) is 0. The number of hydrogen-bond donors (Lipinski definition) is 0. The van der Waals surface area contributed by atoms with Crippen LogP contribution in [0.4, 0.5) is 4.39 Å². The van der Waals surface area contributed by atoms with Crippen LogP contribution in [0.5, 0.6) is 5.75 Å². The van der Waals surface area contributed by atoms with Gasteiger partial charge in [0.05, 0.1) is 12.5 Å². The first-order valence-electron chi connectivity index (χ1n) is 6.77. The first-order chi connectivity index (χ1) is 8.79. The predicted molar refractivity (Wildman–Crippen MR) is 72.6 cm³/mol. The van der Waals surface area contributed by atoms with E-state index in [1.807, 2.05) is 0 Å². The minimum absolute atomic E-state index is 0.259. The Hall–Kier alpha value is -0.760. The average molecular weight is 271 g/mol. The molecule has 1 aliphatic carbocycles. The van der Waals surface area contributed by atoms with Crippen LogP contribution in [-0.4, -0.2) is 6.61 Å². The highest BCUT2D eigenvalue weighted by molar-refractivity contribution is 6.17. The monoisotopic (exact) mass is 270 g/mol. The van der Waals surface area contributed by atoms with Crippen molar-refractivity contribution < 1.29 is 9.13 Å². The van der Waals surface area contributed by atoms with Gasteiger partial charge in [-0.25, -0.2) is 4.39 Å². The van der Waals surface area contributed by atoms with E-state index >= 15 is 0 Å². The molecule has 3 heteroatoms. The average Bonchev–Trinajstić information content (AvgIpc) is 2.41. The lowest BCUT2D eigenvalue weighted by Gasteiger charge is -2.21. The van der Waals surface area contributed by atoms with Crippen molar-refractivity contribution in [3.05, 3.63) is 29.6 Å². The topological polar surface area (TPSA) is 9.23 Å². The van der Waals surface area contributed by atoms with Crippen LogP contribution < -0.4 is 4.74 Å². The third-order valence-electron chi connectivity index (χ3n) is 3.67. The lowest BCUT2D eigenvalue weighted by molar-refractivity contribution is 0.245. The molecule has 0 aromatic heterocycles. The van der Waals surface area contributed by atoms with Crippen LogP contribution in [0, 0.1) is 11.7 Å². The highest BCUT2D eigenvalue weighted by Gasteiger charge is 2.13. The van der Waals surface area contributed by atoms with E-state index < -0.39 is 0 Å². The Labute approximate surface area is 113 Å². The van der Waals surface area contributed by atoms with Crippen LogP contribution in [0.2, 0.25) is 0 Å². The molecule has 1 nitrogen and oxygen atoms in total. The van der Waals surface area contributed by atoms with E-state index in [0.29, 0.717) is 6.61 Å². The van der Waals surface area contributed by atoms with E-state index in [2.05, 4.69) is 0 Å². The van der Waals surface area contributed by atoms with Crippen molar-refractivity contribution in [3.63, 3.8) is 0 Å². The Kier molecular flexibility index (Phi) is 5.30. The van der Waals surface area contributed by atoms with Gasteiger partial charge in [0, 0.05) is 5.56 Å². The Balaban J connectivity index is 1.82. The summed E-state index contributed by atoms with van der Waals surface area (Å²) in [5, 5.41) is 0. The molecule has 2 rings (SSSR count). The second-order valence-corrected chi connectivity index (χ2v) is 5.29. The highest BCUT2D eigenvalue weighted by atomic mass is 35.5. The molecule has 18 heavy (non-hydrogen) atoms. The van der Waals surface area contributed by atoms with Crippen molar-refractivity contribution in [2.45, 2.75) is 44.4 Å². The van der Waals surface area contributed by atoms with Gasteiger partial charge in [-0.1, -0.05) is 32.1 Å². The molecule has 1 aliphatic rings. The summed E-state index contributed by atoms with van der Waals surface area (Å²) in [6, 6.07) is 4.54. The van der Waals surface area contributed by atoms with E-state index in [1.54, 1.807) is 6.07 Å². The molecule has 0 N–H and O–H groups in total. The molecular formula is C15H20ClFO. The smallest absolute Gasteiger partial charge is 0.123 e. The standard InChI is InChI=1S/C15H20ClFO/c16-11-13-10-14(17)6-7-15(13)18-9-8-12-4-2-1-3-5-12/h6-7,10,12H,1-5,8-9,11H2. The van der Waals surface area contributed by atoms with Crippen LogP contribution in [0.3, 0.4) is 0 Å². The summed E-state index contributed by atoms with van der Waals surface area (Å²) in [7, 11) is 0. The van der Waals surface area contributed by atoms with Gasteiger partial charge in [-0.2, -0.15) is 0 Å². The molecule has 0 amide bonds. The molecule has 1 fully saturated rings. The molecule has 100 valence electrons. The number of hydrogen-bond acceptors (Lipinski definition) is 1. The predicted octanol–water partition coefficient (Wildman–Crippen LogP) is 4.91. The van der Waals surface area contributed by atoms with Crippen molar-refractivity contribution >= 4 is 11.6 Å². The Morgan fingerprint density at radius 2 is 2.00 bits per heavy atom. The second kappa shape index (κ2) is 6.98. The van der Waals surface area contributed by atoms with E-state index in [-0.39, 0.29) is 11.7 Å². The van der Waals surface area contributed by atoms with Crippen molar-refractivity contribution in [1.82, 2.24) is 0 Å². The molecule has 0 saturated heterocycles. The SMILES string of the molecule is Fc1ccc(OCCC2CCCCC2)c(CCl)c1. The molecule has 0 atom stereocenters. The van der Waals surface area contributed by atoms with Gasteiger partial charge < -0.3 is 4.74 Å². The fourth-order valence-corrected chi connectivity index (χ4v) is 2.81. The molecule has 1 saturated carbocycles. The molecular weight excluding hydrogens is 251 g/mol. The van der Waals surface area contributed by atoms with Gasteiger partial charge in [0.1, 0.15) is 11.6 Å². The summed E-state index contributed by atoms with van der Waals surface area (Å²) in [6.45, 7) is 0.709. The molecule has 0 aliphatic heterocycles. The van der Waals surface area contributed by atoms with Gasteiger partial charge >= 0.3 is 0 Å². The second-order valence-electron chi connectivity index (χ2n) is 5.03. The molecule has 0 unspecified atom stereocenters. The minimum Gasteiger partial charge on any atom is -0.493 e. The number of alkyl halides is 1. The van der Waals surface area contributed by atoms with Crippen molar-refractivity contribution in [1.29, 1.82) is 0 Å². The van der Waals surface area contributed by atoms with Crippen LogP contribution in [0.1, 0.15) is 44.1 Å². The zero-order valence-corrected chi connectivity index (χ0v) is 11.4. The van der Waals surface area contributed by atoms with Crippen molar-refractivity contribution in [2.75, 3.05) is 6.61 Å². The van der Waals surface area contributed by atoms with E-state index in [9.17, 15) is 4.39 Å². The first-order valence-corrected chi connectivity index (χ1v) is 7.30. The number of rotatable bonds is 5. The van der Waals surface area contributed by atoms with Gasteiger partial charge in [-0.15, -0.1) is 11.6 Å².